The summed E-state index contributed by atoms with van der Waals surface area (Å²) >= 11 is 0. The molecule has 0 atom stereocenters. The number of amides is 1. The van der Waals surface area contributed by atoms with Crippen LogP contribution in [0, 0.1) is 13.8 Å². The van der Waals surface area contributed by atoms with Gasteiger partial charge in [0.1, 0.15) is 0 Å². The third-order valence-corrected chi connectivity index (χ3v) is 3.13. The lowest BCUT2D eigenvalue weighted by molar-refractivity contribution is 0.102. The molecule has 96 valence electrons. The summed E-state index contributed by atoms with van der Waals surface area (Å²) in [5.74, 6) is -0.153. The smallest absolute Gasteiger partial charge is 0.259 e. The molecule has 6 heteroatoms. The average molecular weight is 247 g/mol. The highest BCUT2D eigenvalue weighted by Crippen LogP contribution is 2.15. The zero-order valence-electron chi connectivity index (χ0n) is 11.1. The summed E-state index contributed by atoms with van der Waals surface area (Å²) in [6.45, 7) is 6.59. The van der Waals surface area contributed by atoms with Gasteiger partial charge in [0, 0.05) is 19.3 Å². The first kappa shape index (κ1) is 12.3. The quantitative estimate of drug-likeness (QED) is 0.894. The Labute approximate surface area is 106 Å². The van der Waals surface area contributed by atoms with E-state index in [2.05, 4.69) is 15.5 Å². The lowest BCUT2D eigenvalue weighted by Crippen LogP contribution is -2.13. The van der Waals surface area contributed by atoms with Gasteiger partial charge < -0.3 is 5.32 Å². The van der Waals surface area contributed by atoms with E-state index < -0.39 is 0 Å². The van der Waals surface area contributed by atoms with Gasteiger partial charge in [0.05, 0.1) is 29.3 Å². The molecular formula is C12H17N5O. The van der Waals surface area contributed by atoms with Crippen LogP contribution in [-0.2, 0) is 13.6 Å². The van der Waals surface area contributed by atoms with E-state index in [0.29, 0.717) is 5.56 Å². The first-order chi connectivity index (χ1) is 8.54. The van der Waals surface area contributed by atoms with Crippen LogP contribution in [0.1, 0.15) is 28.7 Å². The van der Waals surface area contributed by atoms with Gasteiger partial charge in [0.2, 0.25) is 0 Å². The molecule has 0 aliphatic heterocycles. The molecular weight excluding hydrogens is 230 g/mol. The lowest BCUT2D eigenvalue weighted by Gasteiger charge is -2.05. The molecule has 0 unspecified atom stereocenters. The highest BCUT2D eigenvalue weighted by atomic mass is 16.1. The van der Waals surface area contributed by atoms with Gasteiger partial charge in [-0.15, -0.1) is 0 Å². The molecule has 2 aromatic heterocycles. The van der Waals surface area contributed by atoms with Crippen LogP contribution in [0.2, 0.25) is 0 Å². The maximum atomic E-state index is 12.1. The first-order valence-corrected chi connectivity index (χ1v) is 5.87. The minimum absolute atomic E-state index is 0.153. The van der Waals surface area contributed by atoms with Crippen molar-refractivity contribution in [3.05, 3.63) is 29.3 Å². The van der Waals surface area contributed by atoms with Crippen molar-refractivity contribution >= 4 is 11.6 Å². The topological polar surface area (TPSA) is 64.7 Å². The Morgan fingerprint density at radius 3 is 2.50 bits per heavy atom. The van der Waals surface area contributed by atoms with E-state index in [0.717, 1.165) is 23.6 Å². The number of nitrogens with zero attached hydrogens (tertiary/aromatic N) is 4. The van der Waals surface area contributed by atoms with E-state index in [1.54, 1.807) is 17.1 Å². The van der Waals surface area contributed by atoms with Crippen LogP contribution in [0.5, 0.6) is 0 Å². The van der Waals surface area contributed by atoms with Crippen molar-refractivity contribution in [2.75, 3.05) is 5.32 Å². The predicted octanol–water partition coefficient (Wildman–Crippen LogP) is 1.51. The standard InChI is InChI=1S/C12H17N5O/c1-5-17-9(3)11(7-14-17)15-12(18)10-6-13-16(4)8(10)2/h6-7H,5H2,1-4H3,(H,15,18). The Balaban J connectivity index is 2.21. The number of aromatic nitrogens is 4. The van der Waals surface area contributed by atoms with E-state index in [4.69, 9.17) is 0 Å². The van der Waals surface area contributed by atoms with Gasteiger partial charge in [0.15, 0.2) is 0 Å². The minimum atomic E-state index is -0.153. The number of hydrogen-bond donors (Lipinski definition) is 1. The molecule has 0 radical (unpaired) electrons. The number of anilines is 1. The van der Waals surface area contributed by atoms with Crippen molar-refractivity contribution in [3.8, 4) is 0 Å². The van der Waals surface area contributed by atoms with E-state index >= 15 is 0 Å². The molecule has 0 saturated carbocycles. The van der Waals surface area contributed by atoms with Crippen molar-refractivity contribution in [2.24, 2.45) is 7.05 Å². The number of rotatable bonds is 3. The maximum Gasteiger partial charge on any atom is 0.259 e. The second-order valence-corrected chi connectivity index (χ2v) is 4.18. The zero-order valence-corrected chi connectivity index (χ0v) is 11.1. The summed E-state index contributed by atoms with van der Waals surface area (Å²) in [5, 5.41) is 11.1. The van der Waals surface area contributed by atoms with E-state index in [9.17, 15) is 4.79 Å². The molecule has 1 N–H and O–H groups in total. The van der Waals surface area contributed by atoms with E-state index in [1.807, 2.05) is 32.5 Å². The van der Waals surface area contributed by atoms with Gasteiger partial charge in [-0.2, -0.15) is 10.2 Å². The molecule has 6 nitrogen and oxygen atoms in total. The summed E-state index contributed by atoms with van der Waals surface area (Å²) in [6, 6.07) is 0. The van der Waals surface area contributed by atoms with Crippen molar-refractivity contribution in [2.45, 2.75) is 27.3 Å². The summed E-state index contributed by atoms with van der Waals surface area (Å²) < 4.78 is 3.52. The van der Waals surface area contributed by atoms with Gasteiger partial charge >= 0.3 is 0 Å². The summed E-state index contributed by atoms with van der Waals surface area (Å²) in [5.41, 5.74) is 3.12. The van der Waals surface area contributed by atoms with Gasteiger partial charge in [-0.25, -0.2) is 0 Å². The Morgan fingerprint density at radius 2 is 2.00 bits per heavy atom. The number of aryl methyl sites for hydroxylation is 2. The van der Waals surface area contributed by atoms with Gasteiger partial charge in [-0.3, -0.25) is 14.2 Å². The number of carbonyl (C=O) groups is 1. The Morgan fingerprint density at radius 1 is 1.28 bits per heavy atom. The van der Waals surface area contributed by atoms with Crippen LogP contribution in [0.25, 0.3) is 0 Å². The van der Waals surface area contributed by atoms with Crippen LogP contribution < -0.4 is 5.32 Å². The largest absolute Gasteiger partial charge is 0.319 e. The monoisotopic (exact) mass is 247 g/mol. The van der Waals surface area contributed by atoms with Crippen LogP contribution in [0.15, 0.2) is 12.4 Å². The third kappa shape index (κ3) is 2.01. The van der Waals surface area contributed by atoms with Crippen LogP contribution in [-0.4, -0.2) is 25.5 Å². The summed E-state index contributed by atoms with van der Waals surface area (Å²) in [6.07, 6.45) is 3.24. The fourth-order valence-electron chi connectivity index (χ4n) is 1.80. The lowest BCUT2D eigenvalue weighted by atomic mass is 10.2. The Hall–Kier alpha value is -2.11. The normalized spacial score (nSPS) is 10.7. The molecule has 2 heterocycles. The van der Waals surface area contributed by atoms with E-state index in [-0.39, 0.29) is 5.91 Å². The van der Waals surface area contributed by atoms with Gasteiger partial charge in [0.25, 0.3) is 5.91 Å². The predicted molar refractivity (Wildman–Crippen MR) is 68.5 cm³/mol. The fraction of sp³-hybridized carbons (Fsp3) is 0.417. The molecule has 0 saturated heterocycles. The fourth-order valence-corrected chi connectivity index (χ4v) is 1.80. The molecule has 2 rings (SSSR count). The van der Waals surface area contributed by atoms with Gasteiger partial charge in [-0.05, 0) is 20.8 Å². The Kier molecular flexibility index (Phi) is 3.18. The molecule has 2 aromatic rings. The van der Waals surface area contributed by atoms with Crippen molar-refractivity contribution in [1.29, 1.82) is 0 Å². The zero-order chi connectivity index (χ0) is 13.3. The molecule has 18 heavy (non-hydrogen) atoms. The second kappa shape index (κ2) is 4.64. The number of hydrogen-bond acceptors (Lipinski definition) is 3. The van der Waals surface area contributed by atoms with Crippen molar-refractivity contribution in [3.63, 3.8) is 0 Å². The molecule has 0 aliphatic carbocycles. The first-order valence-electron chi connectivity index (χ1n) is 5.87. The minimum Gasteiger partial charge on any atom is -0.319 e. The number of nitrogens with one attached hydrogen (secondary N) is 1. The molecule has 0 spiro atoms. The SMILES string of the molecule is CCn1ncc(NC(=O)c2cnn(C)c2C)c1C. The summed E-state index contributed by atoms with van der Waals surface area (Å²) in [7, 11) is 1.81. The van der Waals surface area contributed by atoms with Crippen LogP contribution in [0.3, 0.4) is 0 Å². The molecule has 0 aliphatic rings. The summed E-state index contributed by atoms with van der Waals surface area (Å²) in [4.78, 5) is 12.1. The third-order valence-electron chi connectivity index (χ3n) is 3.13. The van der Waals surface area contributed by atoms with Crippen LogP contribution >= 0.6 is 0 Å². The van der Waals surface area contributed by atoms with Crippen LogP contribution in [0.4, 0.5) is 5.69 Å². The molecule has 0 bridgehead atoms. The Bertz CT molecular complexity index is 581. The maximum absolute atomic E-state index is 12.1. The molecule has 1 amide bonds. The average Bonchev–Trinajstić information content (AvgIpc) is 2.85. The molecule has 0 fully saturated rings. The van der Waals surface area contributed by atoms with Crippen molar-refractivity contribution < 1.29 is 4.79 Å². The highest BCUT2D eigenvalue weighted by Gasteiger charge is 2.15. The highest BCUT2D eigenvalue weighted by molar-refractivity contribution is 6.05. The number of carbonyl (C=O) groups excluding carboxylic acids is 1. The second-order valence-electron chi connectivity index (χ2n) is 4.18. The molecule has 0 aromatic carbocycles. The van der Waals surface area contributed by atoms with E-state index in [1.165, 1.54) is 0 Å². The van der Waals surface area contributed by atoms with Gasteiger partial charge in [-0.1, -0.05) is 0 Å². The van der Waals surface area contributed by atoms with Crippen molar-refractivity contribution in [1.82, 2.24) is 19.6 Å².